The topological polar surface area (TPSA) is 75.5 Å². The fraction of sp³-hybridized carbons (Fsp3) is 0.235. The van der Waals surface area contributed by atoms with Gasteiger partial charge in [0.15, 0.2) is 0 Å². The number of anilines is 1. The first kappa shape index (κ1) is 19.2. The van der Waals surface area contributed by atoms with Crippen LogP contribution >= 0.6 is 0 Å². The molecule has 0 saturated carbocycles. The summed E-state index contributed by atoms with van der Waals surface area (Å²) < 4.78 is 39.1. The number of nitrogens with one attached hydrogen (secondary N) is 1. The van der Waals surface area contributed by atoms with E-state index in [1.165, 1.54) is 50.4 Å². The third-order valence-electron chi connectivity index (χ3n) is 3.72. The van der Waals surface area contributed by atoms with Crippen molar-refractivity contribution in [2.75, 3.05) is 12.4 Å². The molecule has 26 heavy (non-hydrogen) atoms. The van der Waals surface area contributed by atoms with Crippen LogP contribution in [0.1, 0.15) is 16.7 Å². The average molecular weight is 367 g/mol. The largest absolute Gasteiger partial charge is 0.416 e. The Morgan fingerprint density at radius 2 is 1.88 bits per heavy atom. The second-order valence-corrected chi connectivity index (χ2v) is 5.70. The summed E-state index contributed by atoms with van der Waals surface area (Å²) in [6.45, 7) is 1.28. The van der Waals surface area contributed by atoms with Crippen molar-refractivity contribution in [2.45, 2.75) is 19.6 Å². The number of hydrogen-bond donors (Lipinski definition) is 1. The van der Waals surface area contributed by atoms with Gasteiger partial charge in [-0.15, -0.1) is 0 Å². The summed E-state index contributed by atoms with van der Waals surface area (Å²) in [5.41, 5.74) is -0.245. The molecule has 1 N–H and O–H groups in total. The molecular formula is C17H16F3N3O3. The Hall–Kier alpha value is -3.10. The van der Waals surface area contributed by atoms with Crippen LogP contribution in [0.4, 0.5) is 29.3 Å². The molecule has 2 rings (SSSR count). The minimum absolute atomic E-state index is 0.0301. The number of carbonyl (C=O) groups is 1. The molecule has 0 aliphatic heterocycles. The van der Waals surface area contributed by atoms with Crippen LogP contribution in [0.3, 0.4) is 0 Å². The van der Waals surface area contributed by atoms with Crippen molar-refractivity contribution in [3.63, 3.8) is 0 Å². The van der Waals surface area contributed by atoms with Crippen molar-refractivity contribution in [3.05, 3.63) is 69.3 Å². The van der Waals surface area contributed by atoms with Gasteiger partial charge in [-0.1, -0.05) is 18.2 Å². The number of alkyl halides is 3. The standard InChI is InChI=1S/C17H16F3N3O3/c1-11-9-13(7-8-15(11)23(25)26)21-16(24)22(2)10-12-5-3-4-6-14(12)17(18,19)20/h3-9H,10H2,1-2H3,(H,21,24). The van der Waals surface area contributed by atoms with Crippen molar-refractivity contribution in [1.29, 1.82) is 0 Å². The molecular weight excluding hydrogens is 351 g/mol. The number of nitro benzene ring substituents is 1. The molecule has 0 bridgehead atoms. The van der Waals surface area contributed by atoms with E-state index in [1.54, 1.807) is 0 Å². The van der Waals surface area contributed by atoms with Gasteiger partial charge in [0.25, 0.3) is 5.69 Å². The number of nitrogens with zero attached hydrogens (tertiary/aromatic N) is 2. The van der Waals surface area contributed by atoms with Gasteiger partial charge in [0, 0.05) is 30.9 Å². The number of carbonyl (C=O) groups excluding carboxylic acids is 1. The maximum absolute atomic E-state index is 13.0. The molecule has 0 aromatic heterocycles. The minimum Gasteiger partial charge on any atom is -0.323 e. The molecule has 2 amide bonds. The lowest BCUT2D eigenvalue weighted by molar-refractivity contribution is -0.385. The Balaban J connectivity index is 2.12. The first-order chi connectivity index (χ1) is 12.1. The van der Waals surface area contributed by atoms with E-state index in [0.717, 1.165) is 11.0 Å². The maximum atomic E-state index is 13.0. The molecule has 0 spiro atoms. The van der Waals surface area contributed by atoms with Crippen molar-refractivity contribution < 1.29 is 22.9 Å². The molecule has 138 valence electrons. The highest BCUT2D eigenvalue weighted by Crippen LogP contribution is 2.32. The van der Waals surface area contributed by atoms with Gasteiger partial charge in [0.2, 0.25) is 0 Å². The smallest absolute Gasteiger partial charge is 0.323 e. The van der Waals surface area contributed by atoms with E-state index in [1.807, 2.05) is 0 Å². The molecule has 0 atom stereocenters. The molecule has 0 unspecified atom stereocenters. The molecule has 9 heteroatoms. The third kappa shape index (κ3) is 4.50. The summed E-state index contributed by atoms with van der Waals surface area (Å²) >= 11 is 0. The van der Waals surface area contributed by atoms with Crippen LogP contribution in [0.25, 0.3) is 0 Å². The summed E-state index contributed by atoms with van der Waals surface area (Å²) in [6.07, 6.45) is -4.51. The van der Waals surface area contributed by atoms with Gasteiger partial charge < -0.3 is 10.2 Å². The Labute approximate surface area is 147 Å². The van der Waals surface area contributed by atoms with E-state index in [-0.39, 0.29) is 17.8 Å². The van der Waals surface area contributed by atoms with Gasteiger partial charge in [0.1, 0.15) is 0 Å². The summed E-state index contributed by atoms with van der Waals surface area (Å²) in [5, 5.41) is 13.3. The van der Waals surface area contributed by atoms with Gasteiger partial charge in [-0.3, -0.25) is 10.1 Å². The lowest BCUT2D eigenvalue weighted by Gasteiger charge is -2.20. The zero-order valence-corrected chi connectivity index (χ0v) is 14.0. The summed E-state index contributed by atoms with van der Waals surface area (Å²) in [4.78, 5) is 23.6. The molecule has 0 aliphatic rings. The number of amides is 2. The van der Waals surface area contributed by atoms with Crippen molar-refractivity contribution in [2.24, 2.45) is 0 Å². The number of aryl methyl sites for hydroxylation is 1. The van der Waals surface area contributed by atoms with Gasteiger partial charge in [0.05, 0.1) is 10.5 Å². The first-order valence-electron chi connectivity index (χ1n) is 7.52. The number of urea groups is 1. The minimum atomic E-state index is -4.51. The number of hydrogen-bond acceptors (Lipinski definition) is 3. The van der Waals surface area contributed by atoms with Crippen LogP contribution in [0.2, 0.25) is 0 Å². The van der Waals surface area contributed by atoms with E-state index >= 15 is 0 Å². The third-order valence-corrected chi connectivity index (χ3v) is 3.72. The normalized spacial score (nSPS) is 11.1. The zero-order chi connectivity index (χ0) is 19.5. The quantitative estimate of drug-likeness (QED) is 0.634. The number of rotatable bonds is 4. The van der Waals surface area contributed by atoms with E-state index in [4.69, 9.17) is 0 Å². The molecule has 0 aliphatic carbocycles. The van der Waals surface area contributed by atoms with Crippen LogP contribution in [0.15, 0.2) is 42.5 Å². The molecule has 0 radical (unpaired) electrons. The van der Waals surface area contributed by atoms with E-state index in [0.29, 0.717) is 11.3 Å². The van der Waals surface area contributed by atoms with Crippen LogP contribution in [0, 0.1) is 17.0 Å². The predicted molar refractivity (Wildman–Crippen MR) is 89.8 cm³/mol. The number of halogens is 3. The summed E-state index contributed by atoms with van der Waals surface area (Å²) in [6, 6.07) is 8.43. The average Bonchev–Trinajstić information content (AvgIpc) is 2.54. The number of benzene rings is 2. The Morgan fingerprint density at radius 1 is 1.23 bits per heavy atom. The fourth-order valence-corrected chi connectivity index (χ4v) is 2.42. The summed E-state index contributed by atoms with van der Waals surface area (Å²) in [5.74, 6) is 0. The molecule has 2 aromatic carbocycles. The second-order valence-electron chi connectivity index (χ2n) is 5.70. The molecule has 0 heterocycles. The molecule has 2 aromatic rings. The van der Waals surface area contributed by atoms with E-state index in [2.05, 4.69) is 5.32 Å². The summed E-state index contributed by atoms with van der Waals surface area (Å²) in [7, 11) is 1.36. The van der Waals surface area contributed by atoms with Gasteiger partial charge in [-0.05, 0) is 30.7 Å². The number of nitro groups is 1. The highest BCUT2D eigenvalue weighted by Gasteiger charge is 2.33. The SMILES string of the molecule is Cc1cc(NC(=O)N(C)Cc2ccccc2C(F)(F)F)ccc1[N+](=O)[O-]. The van der Waals surface area contributed by atoms with Gasteiger partial charge in [-0.25, -0.2) is 4.79 Å². The van der Waals surface area contributed by atoms with E-state index in [9.17, 15) is 28.1 Å². The van der Waals surface area contributed by atoms with Crippen molar-refractivity contribution in [3.8, 4) is 0 Å². The van der Waals surface area contributed by atoms with Crippen molar-refractivity contribution in [1.82, 2.24) is 4.90 Å². The first-order valence-corrected chi connectivity index (χ1v) is 7.52. The fourth-order valence-electron chi connectivity index (χ4n) is 2.42. The molecule has 0 saturated heterocycles. The Bertz CT molecular complexity index is 837. The Morgan fingerprint density at radius 3 is 2.46 bits per heavy atom. The molecule has 0 fully saturated rings. The monoisotopic (exact) mass is 367 g/mol. The van der Waals surface area contributed by atoms with Gasteiger partial charge >= 0.3 is 12.2 Å². The lowest BCUT2D eigenvalue weighted by atomic mass is 10.1. The van der Waals surface area contributed by atoms with Crippen molar-refractivity contribution >= 4 is 17.4 Å². The Kier molecular flexibility index (Phi) is 5.49. The lowest BCUT2D eigenvalue weighted by Crippen LogP contribution is -2.31. The van der Waals surface area contributed by atoms with Crippen LogP contribution in [-0.2, 0) is 12.7 Å². The van der Waals surface area contributed by atoms with E-state index < -0.39 is 22.7 Å². The van der Waals surface area contributed by atoms with Crippen LogP contribution in [0.5, 0.6) is 0 Å². The highest BCUT2D eigenvalue weighted by molar-refractivity contribution is 5.89. The molecule has 6 nitrogen and oxygen atoms in total. The second kappa shape index (κ2) is 7.42. The highest BCUT2D eigenvalue weighted by atomic mass is 19.4. The van der Waals surface area contributed by atoms with Crippen LogP contribution in [-0.4, -0.2) is 22.9 Å². The van der Waals surface area contributed by atoms with Gasteiger partial charge in [-0.2, -0.15) is 13.2 Å². The maximum Gasteiger partial charge on any atom is 0.416 e. The zero-order valence-electron chi connectivity index (χ0n) is 14.0. The van der Waals surface area contributed by atoms with Crippen LogP contribution < -0.4 is 5.32 Å². The predicted octanol–water partition coefficient (Wildman–Crippen LogP) is 4.59.